The van der Waals surface area contributed by atoms with Crippen LogP contribution in [0.15, 0.2) is 24.3 Å². The fraction of sp³-hybridized carbons (Fsp3) is 0.562. The molecule has 0 unspecified atom stereocenters. The van der Waals surface area contributed by atoms with Crippen LogP contribution in [0.2, 0.25) is 0 Å². The van der Waals surface area contributed by atoms with E-state index in [4.69, 9.17) is 5.73 Å². The summed E-state index contributed by atoms with van der Waals surface area (Å²) in [6.45, 7) is 5.25. The van der Waals surface area contributed by atoms with Crippen molar-refractivity contribution in [3.05, 3.63) is 29.8 Å². The van der Waals surface area contributed by atoms with Gasteiger partial charge in [0.05, 0.1) is 0 Å². The molecule has 0 heterocycles. The Morgan fingerprint density at radius 1 is 1.26 bits per heavy atom. The van der Waals surface area contributed by atoms with Gasteiger partial charge in [0.2, 0.25) is 0 Å². The molecule has 0 radical (unpaired) electrons. The van der Waals surface area contributed by atoms with E-state index in [0.717, 1.165) is 12.5 Å². The predicted molar refractivity (Wildman–Crippen MR) is 78.9 cm³/mol. The molecular weight excluding hydrogens is 236 g/mol. The van der Waals surface area contributed by atoms with Crippen molar-refractivity contribution < 1.29 is 4.79 Å². The lowest BCUT2D eigenvalue weighted by Gasteiger charge is -2.31. The third-order valence-electron chi connectivity index (χ3n) is 4.34. The van der Waals surface area contributed by atoms with Gasteiger partial charge in [-0.1, -0.05) is 26.7 Å². The highest BCUT2D eigenvalue weighted by molar-refractivity contribution is 5.94. The molecular formula is C16H24N2O. The summed E-state index contributed by atoms with van der Waals surface area (Å²) in [5, 5.41) is 3.06. The molecule has 0 aliphatic heterocycles. The maximum absolute atomic E-state index is 12.1. The summed E-state index contributed by atoms with van der Waals surface area (Å²) >= 11 is 0. The Kier molecular flexibility index (Phi) is 4.13. The van der Waals surface area contributed by atoms with Crippen molar-refractivity contribution >= 4 is 11.6 Å². The van der Waals surface area contributed by atoms with Crippen LogP contribution in [0.3, 0.4) is 0 Å². The molecule has 0 aromatic heterocycles. The Bertz CT molecular complexity index is 431. The average Bonchev–Trinajstić information content (AvgIpc) is 2.91. The Hall–Kier alpha value is -1.51. The van der Waals surface area contributed by atoms with Gasteiger partial charge in [0.1, 0.15) is 0 Å². The SMILES string of the molecule is CC(C)(CNC(=O)c1ccc(N)cc1)C1CCCC1. The second-order valence-electron chi connectivity index (χ2n) is 6.27. The van der Waals surface area contributed by atoms with Gasteiger partial charge in [-0.05, 0) is 48.4 Å². The molecule has 0 atom stereocenters. The summed E-state index contributed by atoms with van der Waals surface area (Å²) in [7, 11) is 0. The third-order valence-corrected chi connectivity index (χ3v) is 4.34. The largest absolute Gasteiger partial charge is 0.399 e. The zero-order valence-corrected chi connectivity index (χ0v) is 11.9. The van der Waals surface area contributed by atoms with E-state index < -0.39 is 0 Å². The Morgan fingerprint density at radius 3 is 2.42 bits per heavy atom. The van der Waals surface area contributed by atoms with Gasteiger partial charge < -0.3 is 11.1 Å². The van der Waals surface area contributed by atoms with E-state index in [1.807, 2.05) is 0 Å². The second kappa shape index (κ2) is 5.64. The number of benzene rings is 1. The van der Waals surface area contributed by atoms with Gasteiger partial charge in [0, 0.05) is 17.8 Å². The van der Waals surface area contributed by atoms with Crippen molar-refractivity contribution in [1.82, 2.24) is 5.32 Å². The number of nitrogen functional groups attached to an aromatic ring is 1. The molecule has 1 aliphatic rings. The Balaban J connectivity index is 1.90. The zero-order chi connectivity index (χ0) is 13.9. The molecule has 1 amide bonds. The minimum atomic E-state index is -0.00827. The van der Waals surface area contributed by atoms with Gasteiger partial charge in [0.25, 0.3) is 5.91 Å². The van der Waals surface area contributed by atoms with E-state index in [-0.39, 0.29) is 11.3 Å². The number of amides is 1. The van der Waals surface area contributed by atoms with Gasteiger partial charge in [-0.15, -0.1) is 0 Å². The molecule has 1 aliphatic carbocycles. The summed E-state index contributed by atoms with van der Waals surface area (Å²) in [6.07, 6.45) is 5.26. The normalized spacial score (nSPS) is 16.5. The smallest absolute Gasteiger partial charge is 0.251 e. The fourth-order valence-corrected chi connectivity index (χ4v) is 2.90. The monoisotopic (exact) mass is 260 g/mol. The van der Waals surface area contributed by atoms with Gasteiger partial charge in [-0.25, -0.2) is 0 Å². The highest BCUT2D eigenvalue weighted by Gasteiger charge is 2.31. The Morgan fingerprint density at radius 2 is 1.84 bits per heavy atom. The fourth-order valence-electron chi connectivity index (χ4n) is 2.90. The lowest BCUT2D eigenvalue weighted by molar-refractivity contribution is 0.0918. The number of nitrogens with one attached hydrogen (secondary N) is 1. The maximum atomic E-state index is 12.1. The number of carbonyl (C=O) groups excluding carboxylic acids is 1. The summed E-state index contributed by atoms with van der Waals surface area (Å²) < 4.78 is 0. The molecule has 1 fully saturated rings. The molecule has 0 spiro atoms. The van der Waals surface area contributed by atoms with Crippen molar-refractivity contribution in [1.29, 1.82) is 0 Å². The van der Waals surface area contributed by atoms with E-state index in [1.165, 1.54) is 25.7 Å². The van der Waals surface area contributed by atoms with Crippen LogP contribution in [0.5, 0.6) is 0 Å². The van der Waals surface area contributed by atoms with Crippen molar-refractivity contribution in [2.45, 2.75) is 39.5 Å². The molecule has 104 valence electrons. The summed E-state index contributed by atoms with van der Waals surface area (Å²) in [6, 6.07) is 7.06. The topological polar surface area (TPSA) is 55.1 Å². The molecule has 2 rings (SSSR count). The molecule has 1 aromatic carbocycles. The van der Waals surface area contributed by atoms with E-state index in [2.05, 4.69) is 19.2 Å². The highest BCUT2D eigenvalue weighted by Crippen LogP contribution is 2.39. The molecule has 3 heteroatoms. The van der Waals surface area contributed by atoms with Crippen molar-refractivity contribution in [2.24, 2.45) is 11.3 Å². The van der Waals surface area contributed by atoms with Crippen LogP contribution in [0.25, 0.3) is 0 Å². The van der Waals surface area contributed by atoms with Crippen molar-refractivity contribution in [2.75, 3.05) is 12.3 Å². The van der Waals surface area contributed by atoms with Crippen molar-refractivity contribution in [3.63, 3.8) is 0 Å². The van der Waals surface area contributed by atoms with Crippen LogP contribution in [-0.2, 0) is 0 Å². The molecule has 1 saturated carbocycles. The van der Waals surface area contributed by atoms with Crippen LogP contribution >= 0.6 is 0 Å². The van der Waals surface area contributed by atoms with Gasteiger partial charge in [-0.2, -0.15) is 0 Å². The summed E-state index contributed by atoms with van der Waals surface area (Å²) in [4.78, 5) is 12.1. The Labute approximate surface area is 115 Å². The maximum Gasteiger partial charge on any atom is 0.251 e. The van der Waals surface area contributed by atoms with E-state index in [0.29, 0.717) is 11.3 Å². The predicted octanol–water partition coefficient (Wildman–Crippen LogP) is 3.22. The molecule has 3 N–H and O–H groups in total. The molecule has 1 aromatic rings. The molecule has 0 saturated heterocycles. The van der Waals surface area contributed by atoms with Gasteiger partial charge >= 0.3 is 0 Å². The number of rotatable bonds is 4. The first kappa shape index (κ1) is 13.9. The second-order valence-corrected chi connectivity index (χ2v) is 6.27. The minimum absolute atomic E-state index is 0.00827. The summed E-state index contributed by atoms with van der Waals surface area (Å²) in [5.41, 5.74) is 7.16. The number of hydrogen-bond acceptors (Lipinski definition) is 2. The first-order valence-electron chi connectivity index (χ1n) is 7.13. The van der Waals surface area contributed by atoms with E-state index in [9.17, 15) is 4.79 Å². The first-order valence-corrected chi connectivity index (χ1v) is 7.13. The number of carbonyl (C=O) groups is 1. The molecule has 19 heavy (non-hydrogen) atoms. The quantitative estimate of drug-likeness (QED) is 0.817. The lowest BCUT2D eigenvalue weighted by atomic mass is 9.77. The number of nitrogens with two attached hydrogens (primary N) is 1. The number of anilines is 1. The van der Waals surface area contributed by atoms with Gasteiger partial charge in [-0.3, -0.25) is 4.79 Å². The third kappa shape index (κ3) is 3.49. The molecule has 3 nitrogen and oxygen atoms in total. The van der Waals surface area contributed by atoms with Gasteiger partial charge in [0.15, 0.2) is 0 Å². The van der Waals surface area contributed by atoms with E-state index in [1.54, 1.807) is 24.3 Å². The first-order chi connectivity index (χ1) is 8.99. The zero-order valence-electron chi connectivity index (χ0n) is 11.9. The number of hydrogen-bond donors (Lipinski definition) is 2. The van der Waals surface area contributed by atoms with Crippen LogP contribution in [0.4, 0.5) is 5.69 Å². The van der Waals surface area contributed by atoms with Crippen LogP contribution in [0.1, 0.15) is 49.9 Å². The lowest BCUT2D eigenvalue weighted by Crippen LogP contribution is -2.37. The van der Waals surface area contributed by atoms with Crippen LogP contribution in [-0.4, -0.2) is 12.5 Å². The summed E-state index contributed by atoms with van der Waals surface area (Å²) in [5.74, 6) is 0.727. The highest BCUT2D eigenvalue weighted by atomic mass is 16.1. The van der Waals surface area contributed by atoms with Crippen LogP contribution in [0, 0.1) is 11.3 Å². The van der Waals surface area contributed by atoms with E-state index >= 15 is 0 Å². The average molecular weight is 260 g/mol. The standard InChI is InChI=1S/C16H24N2O/c1-16(2,13-5-3-4-6-13)11-18-15(19)12-7-9-14(17)10-8-12/h7-10,13H,3-6,11,17H2,1-2H3,(H,18,19). The minimum Gasteiger partial charge on any atom is -0.399 e. The van der Waals surface area contributed by atoms with Crippen molar-refractivity contribution in [3.8, 4) is 0 Å². The molecule has 0 bridgehead atoms. The van der Waals surface area contributed by atoms with Crippen LogP contribution < -0.4 is 11.1 Å².